The minimum atomic E-state index is -0.204. The van der Waals surface area contributed by atoms with E-state index in [1.54, 1.807) is 41.0 Å². The highest BCUT2D eigenvalue weighted by Gasteiger charge is 2.10. The molecule has 0 bridgehead atoms. The molecule has 0 unspecified atom stereocenters. The fourth-order valence-corrected chi connectivity index (χ4v) is 3.51. The van der Waals surface area contributed by atoms with Gasteiger partial charge in [-0.1, -0.05) is 24.3 Å². The van der Waals surface area contributed by atoms with E-state index in [9.17, 15) is 9.59 Å². The molecule has 0 aliphatic carbocycles. The van der Waals surface area contributed by atoms with Crippen LogP contribution in [-0.4, -0.2) is 17.1 Å². The summed E-state index contributed by atoms with van der Waals surface area (Å²) in [6.07, 6.45) is 2.63. The molecule has 3 aromatic rings. The number of allylic oxidation sites excluding steroid dienone is 1. The molecule has 1 heterocycles. The second-order valence-electron chi connectivity index (χ2n) is 5.78. The summed E-state index contributed by atoms with van der Waals surface area (Å²) < 4.78 is 8.01. The van der Waals surface area contributed by atoms with Crippen molar-refractivity contribution < 1.29 is 9.53 Å². The van der Waals surface area contributed by atoms with Gasteiger partial charge in [0, 0.05) is 17.8 Å². The number of rotatable bonds is 7. The number of nitrogens with zero attached hydrogens (tertiary/aromatic N) is 1. The summed E-state index contributed by atoms with van der Waals surface area (Å²) in [7, 11) is 0. The molecule has 1 N–H and O–H groups in total. The van der Waals surface area contributed by atoms with Crippen LogP contribution in [0.3, 0.4) is 0 Å². The van der Waals surface area contributed by atoms with Gasteiger partial charge in [0.25, 0.3) is 5.91 Å². The molecule has 0 aliphatic heterocycles. The second-order valence-corrected chi connectivity index (χ2v) is 6.77. The number of benzene rings is 2. The highest BCUT2D eigenvalue weighted by molar-refractivity contribution is 7.16. The Balaban J connectivity index is 1.76. The van der Waals surface area contributed by atoms with Gasteiger partial charge in [-0.2, -0.15) is 0 Å². The molecule has 1 amide bonds. The average Bonchev–Trinajstić information content (AvgIpc) is 2.95. The molecule has 26 heavy (non-hydrogen) atoms. The lowest BCUT2D eigenvalue weighted by Crippen LogP contribution is -2.12. The maximum absolute atomic E-state index is 12.4. The third-order valence-corrected chi connectivity index (χ3v) is 4.77. The first kappa shape index (κ1) is 17.9. The van der Waals surface area contributed by atoms with Crippen molar-refractivity contribution in [1.82, 2.24) is 4.57 Å². The van der Waals surface area contributed by atoms with Crippen molar-refractivity contribution in [3.05, 3.63) is 70.4 Å². The van der Waals surface area contributed by atoms with E-state index in [2.05, 4.69) is 11.9 Å². The highest BCUT2D eigenvalue weighted by Crippen LogP contribution is 2.22. The fraction of sp³-hybridized carbons (Fsp3) is 0.200. The number of carbonyl (C=O) groups is 1. The lowest BCUT2D eigenvalue weighted by Gasteiger charge is -2.08. The molecular formula is C20H20N2O3S. The lowest BCUT2D eigenvalue weighted by atomic mass is 10.2. The van der Waals surface area contributed by atoms with Gasteiger partial charge in [-0.15, -0.1) is 6.58 Å². The van der Waals surface area contributed by atoms with Gasteiger partial charge in [0.2, 0.25) is 0 Å². The first-order chi connectivity index (χ1) is 12.6. The van der Waals surface area contributed by atoms with Crippen LogP contribution in [0.5, 0.6) is 5.75 Å². The Morgan fingerprint density at radius 1 is 1.27 bits per heavy atom. The molecular weight excluding hydrogens is 348 g/mol. The van der Waals surface area contributed by atoms with Crippen molar-refractivity contribution in [2.45, 2.75) is 19.9 Å². The smallest absolute Gasteiger partial charge is 0.308 e. The molecule has 5 nitrogen and oxygen atoms in total. The lowest BCUT2D eigenvalue weighted by molar-refractivity contribution is 0.102. The fourth-order valence-electron chi connectivity index (χ4n) is 2.57. The summed E-state index contributed by atoms with van der Waals surface area (Å²) in [6, 6.07) is 12.5. The third-order valence-electron chi connectivity index (χ3n) is 3.83. The zero-order valence-electron chi connectivity index (χ0n) is 14.5. The second kappa shape index (κ2) is 8.01. The summed E-state index contributed by atoms with van der Waals surface area (Å²) in [4.78, 5) is 24.4. The first-order valence-electron chi connectivity index (χ1n) is 8.41. The van der Waals surface area contributed by atoms with Gasteiger partial charge in [-0.05, 0) is 48.9 Å². The van der Waals surface area contributed by atoms with E-state index in [0.717, 1.165) is 33.7 Å². The van der Waals surface area contributed by atoms with Crippen molar-refractivity contribution in [3.8, 4) is 5.75 Å². The van der Waals surface area contributed by atoms with Gasteiger partial charge in [0.15, 0.2) is 0 Å². The zero-order valence-corrected chi connectivity index (χ0v) is 15.3. The van der Waals surface area contributed by atoms with Crippen LogP contribution in [0.2, 0.25) is 0 Å². The van der Waals surface area contributed by atoms with Crippen LogP contribution in [0, 0.1) is 0 Å². The van der Waals surface area contributed by atoms with Crippen molar-refractivity contribution in [1.29, 1.82) is 0 Å². The van der Waals surface area contributed by atoms with Crippen LogP contribution in [0.1, 0.15) is 23.7 Å². The Labute approximate surface area is 155 Å². The maximum atomic E-state index is 12.4. The van der Waals surface area contributed by atoms with Crippen molar-refractivity contribution in [3.63, 3.8) is 0 Å². The zero-order chi connectivity index (χ0) is 18.5. The monoisotopic (exact) mass is 368 g/mol. The highest BCUT2D eigenvalue weighted by atomic mass is 32.1. The Morgan fingerprint density at radius 2 is 2.04 bits per heavy atom. The number of carbonyl (C=O) groups excluding carboxylic acids is 1. The van der Waals surface area contributed by atoms with E-state index >= 15 is 0 Å². The van der Waals surface area contributed by atoms with Crippen molar-refractivity contribution >= 4 is 33.1 Å². The van der Waals surface area contributed by atoms with E-state index < -0.39 is 0 Å². The van der Waals surface area contributed by atoms with Crippen LogP contribution >= 0.6 is 11.3 Å². The van der Waals surface area contributed by atoms with Crippen LogP contribution < -0.4 is 14.9 Å². The van der Waals surface area contributed by atoms with E-state index in [-0.39, 0.29) is 10.8 Å². The number of aromatic nitrogens is 1. The summed E-state index contributed by atoms with van der Waals surface area (Å²) in [5.74, 6) is 0.544. The molecule has 0 radical (unpaired) electrons. The summed E-state index contributed by atoms with van der Waals surface area (Å²) in [5, 5.41) is 2.87. The SMILES string of the molecule is C=CCn1c(=O)sc2cc(NC(=O)c3ccc(OCCC)cc3)ccc21. The minimum absolute atomic E-state index is 0.0361. The number of thiazole rings is 1. The van der Waals surface area contributed by atoms with E-state index in [1.165, 1.54) is 0 Å². The molecule has 2 aromatic carbocycles. The number of amides is 1. The van der Waals surface area contributed by atoms with Crippen LogP contribution in [0.4, 0.5) is 5.69 Å². The molecule has 134 valence electrons. The van der Waals surface area contributed by atoms with Gasteiger partial charge in [-0.3, -0.25) is 14.2 Å². The summed E-state index contributed by atoms with van der Waals surface area (Å²) in [5.41, 5.74) is 2.04. The Morgan fingerprint density at radius 3 is 2.73 bits per heavy atom. The molecule has 0 atom stereocenters. The first-order valence-corrected chi connectivity index (χ1v) is 9.22. The van der Waals surface area contributed by atoms with Gasteiger partial charge >= 0.3 is 4.87 Å². The Hall–Kier alpha value is -2.86. The number of nitrogens with one attached hydrogen (secondary N) is 1. The van der Waals surface area contributed by atoms with Gasteiger partial charge in [0.1, 0.15) is 5.75 Å². The van der Waals surface area contributed by atoms with Crippen molar-refractivity contribution in [2.75, 3.05) is 11.9 Å². The number of fused-ring (bicyclic) bond motifs is 1. The predicted octanol–water partition coefficient (Wildman–Crippen LogP) is 4.29. The molecule has 0 saturated carbocycles. The van der Waals surface area contributed by atoms with Crippen LogP contribution in [0.15, 0.2) is 59.9 Å². The Kier molecular flexibility index (Phi) is 5.53. The minimum Gasteiger partial charge on any atom is -0.494 e. The number of anilines is 1. The molecule has 6 heteroatoms. The molecule has 1 aromatic heterocycles. The van der Waals surface area contributed by atoms with Gasteiger partial charge in [0.05, 0.1) is 16.8 Å². The topological polar surface area (TPSA) is 60.3 Å². The molecule has 0 saturated heterocycles. The van der Waals surface area contributed by atoms with E-state index in [0.29, 0.717) is 24.4 Å². The number of hydrogen-bond donors (Lipinski definition) is 1. The van der Waals surface area contributed by atoms with Crippen LogP contribution in [0.25, 0.3) is 10.2 Å². The predicted molar refractivity (Wildman–Crippen MR) is 106 cm³/mol. The molecule has 3 rings (SSSR count). The molecule has 0 spiro atoms. The normalized spacial score (nSPS) is 10.7. The van der Waals surface area contributed by atoms with E-state index in [4.69, 9.17) is 4.74 Å². The third kappa shape index (κ3) is 3.86. The largest absolute Gasteiger partial charge is 0.494 e. The van der Waals surface area contributed by atoms with Crippen molar-refractivity contribution in [2.24, 2.45) is 0 Å². The van der Waals surface area contributed by atoms with Gasteiger partial charge < -0.3 is 10.1 Å². The average molecular weight is 368 g/mol. The van der Waals surface area contributed by atoms with E-state index in [1.807, 2.05) is 19.1 Å². The quantitative estimate of drug-likeness (QED) is 0.633. The number of hydrogen-bond acceptors (Lipinski definition) is 4. The summed E-state index contributed by atoms with van der Waals surface area (Å²) >= 11 is 1.16. The molecule has 0 aliphatic rings. The van der Waals surface area contributed by atoms with Gasteiger partial charge in [-0.25, -0.2) is 0 Å². The number of ether oxygens (including phenoxy) is 1. The molecule has 0 fully saturated rings. The summed E-state index contributed by atoms with van der Waals surface area (Å²) in [6.45, 7) is 6.84. The standard InChI is InChI=1S/C20H20N2O3S/c1-3-11-22-17-10-7-15(13-18(17)26-20(22)24)21-19(23)14-5-8-16(9-6-14)25-12-4-2/h3,5-10,13H,1,4,11-12H2,2H3,(H,21,23). The van der Waals surface area contributed by atoms with Crippen LogP contribution in [-0.2, 0) is 6.54 Å². The maximum Gasteiger partial charge on any atom is 0.308 e. The Bertz CT molecular complexity index is 986.